The lowest BCUT2D eigenvalue weighted by Gasteiger charge is -2.10. The van der Waals surface area contributed by atoms with Gasteiger partial charge < -0.3 is 9.88 Å². The molecule has 0 aliphatic carbocycles. The summed E-state index contributed by atoms with van der Waals surface area (Å²) in [6, 6.07) is 20.0. The van der Waals surface area contributed by atoms with Gasteiger partial charge in [0.2, 0.25) is 0 Å². The van der Waals surface area contributed by atoms with Crippen molar-refractivity contribution in [2.45, 2.75) is 20.4 Å². The number of nitrogens with zero attached hydrogens (tertiary/aromatic N) is 3. The van der Waals surface area contributed by atoms with Crippen LogP contribution in [0.4, 0.5) is 0 Å². The Hall–Kier alpha value is -3.73. The van der Waals surface area contributed by atoms with Crippen LogP contribution in [0.3, 0.4) is 0 Å². The molecule has 1 N–H and O–H groups in total. The maximum atomic E-state index is 12.8. The Morgan fingerprint density at radius 1 is 1.03 bits per heavy atom. The first-order valence-corrected chi connectivity index (χ1v) is 10.1. The van der Waals surface area contributed by atoms with Gasteiger partial charge >= 0.3 is 0 Å². The maximum Gasteiger partial charge on any atom is 0.253 e. The molecule has 0 saturated heterocycles. The number of carbonyl (C=O) groups excluding carboxylic acids is 1. The Balaban J connectivity index is 1.46. The normalized spacial score (nSPS) is 11.4. The number of hydrogen-bond donors (Lipinski definition) is 1. The van der Waals surface area contributed by atoms with Crippen LogP contribution in [-0.4, -0.2) is 27.0 Å². The summed E-state index contributed by atoms with van der Waals surface area (Å²) < 4.78 is 2.20. The largest absolute Gasteiger partial charge is 0.350 e. The van der Waals surface area contributed by atoms with Crippen molar-refractivity contribution < 1.29 is 4.79 Å². The summed E-state index contributed by atoms with van der Waals surface area (Å²) in [5.74, 6) is -0.111. The van der Waals surface area contributed by atoms with Gasteiger partial charge in [0.15, 0.2) is 0 Å². The van der Waals surface area contributed by atoms with Gasteiger partial charge in [0.05, 0.1) is 16.6 Å². The van der Waals surface area contributed by atoms with Crippen LogP contribution >= 0.6 is 0 Å². The fourth-order valence-corrected chi connectivity index (χ4v) is 4.27. The summed E-state index contributed by atoms with van der Waals surface area (Å²) in [6.45, 7) is 5.29. The second-order valence-electron chi connectivity index (χ2n) is 7.58. The standard InChI is InChI=1S/C25H22N4O/c1-16-15-17(2)28-24-22(16)19-9-3-4-11-21(19)29(24)14-13-27-25(30)20-10-5-7-18-8-6-12-26-23(18)20/h3-12,15H,13-14H2,1-2H3,(H,27,30). The third-order valence-electron chi connectivity index (χ3n) is 5.54. The van der Waals surface area contributed by atoms with Gasteiger partial charge in [-0.1, -0.05) is 36.4 Å². The molecule has 0 unspecified atom stereocenters. The van der Waals surface area contributed by atoms with Crippen molar-refractivity contribution >= 4 is 38.7 Å². The fraction of sp³-hybridized carbons (Fsp3) is 0.160. The smallest absolute Gasteiger partial charge is 0.253 e. The molecule has 5 aromatic rings. The van der Waals surface area contributed by atoms with Crippen LogP contribution < -0.4 is 5.32 Å². The Morgan fingerprint density at radius 3 is 2.77 bits per heavy atom. The summed E-state index contributed by atoms with van der Waals surface area (Å²) in [6.07, 6.45) is 1.72. The van der Waals surface area contributed by atoms with E-state index >= 15 is 0 Å². The highest BCUT2D eigenvalue weighted by Gasteiger charge is 2.15. The summed E-state index contributed by atoms with van der Waals surface area (Å²) >= 11 is 0. The van der Waals surface area contributed by atoms with E-state index in [2.05, 4.69) is 46.1 Å². The minimum atomic E-state index is -0.111. The molecule has 0 saturated carbocycles. The van der Waals surface area contributed by atoms with Crippen LogP contribution in [0.5, 0.6) is 0 Å². The summed E-state index contributed by atoms with van der Waals surface area (Å²) in [5.41, 5.74) is 5.64. The minimum absolute atomic E-state index is 0.111. The molecule has 3 aromatic heterocycles. The van der Waals surface area contributed by atoms with E-state index in [1.807, 2.05) is 43.3 Å². The van der Waals surface area contributed by atoms with Crippen LogP contribution in [0.1, 0.15) is 21.6 Å². The van der Waals surface area contributed by atoms with E-state index in [0.29, 0.717) is 18.7 Å². The Kier molecular flexibility index (Phi) is 4.43. The van der Waals surface area contributed by atoms with E-state index in [1.165, 1.54) is 16.3 Å². The molecule has 5 nitrogen and oxygen atoms in total. The molecule has 0 fully saturated rings. The van der Waals surface area contributed by atoms with E-state index in [-0.39, 0.29) is 5.91 Å². The van der Waals surface area contributed by atoms with Crippen molar-refractivity contribution in [3.8, 4) is 0 Å². The molecule has 5 rings (SSSR count). The predicted octanol–water partition coefficient (Wildman–Crippen LogP) is 4.78. The van der Waals surface area contributed by atoms with Crippen molar-refractivity contribution in [1.29, 1.82) is 0 Å². The number of nitrogens with one attached hydrogen (secondary N) is 1. The lowest BCUT2D eigenvalue weighted by atomic mass is 10.1. The summed E-state index contributed by atoms with van der Waals surface area (Å²) in [7, 11) is 0. The number of pyridine rings is 2. The number of aromatic nitrogens is 3. The quantitative estimate of drug-likeness (QED) is 0.477. The van der Waals surface area contributed by atoms with E-state index in [0.717, 1.165) is 27.8 Å². The molecule has 0 bridgehead atoms. The third-order valence-corrected chi connectivity index (χ3v) is 5.54. The number of amides is 1. The molecule has 3 heterocycles. The molecule has 30 heavy (non-hydrogen) atoms. The van der Waals surface area contributed by atoms with Gasteiger partial charge in [0.25, 0.3) is 5.91 Å². The summed E-state index contributed by atoms with van der Waals surface area (Å²) in [4.78, 5) is 22.0. The number of benzene rings is 2. The molecule has 0 radical (unpaired) electrons. The zero-order valence-corrected chi connectivity index (χ0v) is 17.0. The molecule has 0 aliphatic heterocycles. The molecule has 0 aliphatic rings. The van der Waals surface area contributed by atoms with Crippen LogP contribution in [0.2, 0.25) is 0 Å². The van der Waals surface area contributed by atoms with E-state index < -0.39 is 0 Å². The van der Waals surface area contributed by atoms with Crippen LogP contribution in [0.25, 0.3) is 32.8 Å². The van der Waals surface area contributed by atoms with Crippen LogP contribution in [-0.2, 0) is 6.54 Å². The average Bonchev–Trinajstić information content (AvgIpc) is 3.07. The average molecular weight is 394 g/mol. The molecule has 5 heteroatoms. The molecular weight excluding hydrogens is 372 g/mol. The van der Waals surface area contributed by atoms with Crippen LogP contribution in [0, 0.1) is 13.8 Å². The third kappa shape index (κ3) is 2.99. The fourth-order valence-electron chi connectivity index (χ4n) is 4.27. The first-order chi connectivity index (χ1) is 14.6. The predicted molar refractivity (Wildman–Crippen MR) is 121 cm³/mol. The first-order valence-electron chi connectivity index (χ1n) is 10.1. The first kappa shape index (κ1) is 18.3. The molecular formula is C25H22N4O. The highest BCUT2D eigenvalue weighted by Crippen LogP contribution is 2.30. The van der Waals surface area contributed by atoms with Gasteiger partial charge in [0, 0.05) is 41.1 Å². The Labute approximate surface area is 174 Å². The Morgan fingerprint density at radius 2 is 1.87 bits per heavy atom. The van der Waals surface area contributed by atoms with Crippen LogP contribution in [0.15, 0.2) is 66.9 Å². The topological polar surface area (TPSA) is 59.8 Å². The molecule has 148 valence electrons. The second-order valence-corrected chi connectivity index (χ2v) is 7.58. The highest BCUT2D eigenvalue weighted by molar-refractivity contribution is 6.08. The van der Waals surface area contributed by atoms with E-state index in [9.17, 15) is 4.79 Å². The number of aryl methyl sites for hydroxylation is 2. The van der Waals surface area contributed by atoms with Crippen molar-refractivity contribution in [3.63, 3.8) is 0 Å². The lowest BCUT2D eigenvalue weighted by molar-refractivity contribution is 0.0954. The van der Waals surface area contributed by atoms with Gasteiger partial charge in [-0.25, -0.2) is 4.98 Å². The SMILES string of the molecule is Cc1cc(C)c2c3ccccc3n(CCNC(=O)c3cccc4cccnc34)c2n1. The monoisotopic (exact) mass is 394 g/mol. The van der Waals surface area contributed by atoms with Crippen molar-refractivity contribution in [1.82, 2.24) is 19.9 Å². The van der Waals surface area contributed by atoms with Crippen molar-refractivity contribution in [2.24, 2.45) is 0 Å². The molecule has 0 spiro atoms. The number of fused-ring (bicyclic) bond motifs is 4. The zero-order valence-electron chi connectivity index (χ0n) is 17.0. The second kappa shape index (κ2) is 7.26. The van der Waals surface area contributed by atoms with Gasteiger partial charge in [-0.05, 0) is 43.7 Å². The Bertz CT molecular complexity index is 1410. The van der Waals surface area contributed by atoms with Gasteiger partial charge in [-0.3, -0.25) is 9.78 Å². The van der Waals surface area contributed by atoms with Gasteiger partial charge in [-0.2, -0.15) is 0 Å². The number of carbonyl (C=O) groups is 1. The van der Waals surface area contributed by atoms with Gasteiger partial charge in [-0.15, -0.1) is 0 Å². The number of rotatable bonds is 4. The lowest BCUT2D eigenvalue weighted by Crippen LogP contribution is -2.27. The number of hydrogen-bond acceptors (Lipinski definition) is 3. The van der Waals surface area contributed by atoms with E-state index in [1.54, 1.807) is 6.20 Å². The van der Waals surface area contributed by atoms with E-state index in [4.69, 9.17) is 4.98 Å². The summed E-state index contributed by atoms with van der Waals surface area (Å²) in [5, 5.41) is 6.40. The highest BCUT2D eigenvalue weighted by atomic mass is 16.1. The number of para-hydroxylation sites is 2. The van der Waals surface area contributed by atoms with Gasteiger partial charge in [0.1, 0.15) is 5.65 Å². The minimum Gasteiger partial charge on any atom is -0.350 e. The molecule has 2 aromatic carbocycles. The molecule has 1 amide bonds. The van der Waals surface area contributed by atoms with Crippen molar-refractivity contribution in [2.75, 3.05) is 6.54 Å². The van der Waals surface area contributed by atoms with Crippen molar-refractivity contribution in [3.05, 3.63) is 83.7 Å². The maximum absolute atomic E-state index is 12.8. The zero-order chi connectivity index (χ0) is 20.7. The molecule has 0 atom stereocenters.